The summed E-state index contributed by atoms with van der Waals surface area (Å²) < 4.78 is 79.8. The molecular formula is C21H20F3N7O4S. The summed E-state index contributed by atoms with van der Waals surface area (Å²) >= 11 is 0. The Labute approximate surface area is 203 Å². The number of rotatable bonds is 6. The van der Waals surface area contributed by atoms with Crippen molar-refractivity contribution >= 4 is 27.9 Å². The molecule has 2 N–H and O–H groups in total. The Balaban J connectivity index is 1.60. The van der Waals surface area contributed by atoms with E-state index >= 15 is 0 Å². The zero-order valence-electron chi connectivity index (χ0n) is 19.2. The maximum absolute atomic E-state index is 14.9. The van der Waals surface area contributed by atoms with Crippen LogP contribution in [0.4, 0.5) is 13.2 Å². The van der Waals surface area contributed by atoms with Crippen LogP contribution in [-0.4, -0.2) is 51.6 Å². The monoisotopic (exact) mass is 523 g/mol. The highest BCUT2D eigenvalue weighted by atomic mass is 32.2. The molecule has 0 fully saturated rings. The van der Waals surface area contributed by atoms with Gasteiger partial charge in [-0.2, -0.15) is 4.98 Å². The minimum atomic E-state index is -3.94. The van der Waals surface area contributed by atoms with Gasteiger partial charge in [0.15, 0.2) is 24.1 Å². The Kier molecular flexibility index (Phi) is 6.43. The van der Waals surface area contributed by atoms with Gasteiger partial charge in [0.2, 0.25) is 33.6 Å². The largest absolute Gasteiger partial charge is 0.468 e. The van der Waals surface area contributed by atoms with Crippen LogP contribution < -0.4 is 10.5 Å². The summed E-state index contributed by atoms with van der Waals surface area (Å²) in [6, 6.07) is 1.86. The van der Waals surface area contributed by atoms with Crippen molar-refractivity contribution in [1.29, 1.82) is 0 Å². The number of nitrogens with two attached hydrogens (primary N) is 1. The molecule has 190 valence electrons. The lowest BCUT2D eigenvalue weighted by Crippen LogP contribution is -2.50. The fourth-order valence-electron chi connectivity index (χ4n) is 3.45. The minimum Gasteiger partial charge on any atom is -0.468 e. The van der Waals surface area contributed by atoms with Gasteiger partial charge < -0.3 is 15.0 Å². The topological polar surface area (TPSA) is 150 Å². The second kappa shape index (κ2) is 9.22. The second-order valence-corrected chi connectivity index (χ2v) is 10.1. The first kappa shape index (κ1) is 25.1. The average Bonchev–Trinajstić information content (AvgIpc) is 3.23. The van der Waals surface area contributed by atoms with Crippen molar-refractivity contribution in [2.24, 2.45) is 10.7 Å². The Morgan fingerprint density at radius 2 is 2.06 bits per heavy atom. The number of aromatic nitrogens is 4. The molecule has 36 heavy (non-hydrogen) atoms. The van der Waals surface area contributed by atoms with E-state index in [9.17, 15) is 21.6 Å². The van der Waals surface area contributed by atoms with E-state index in [1.165, 1.54) is 14.0 Å². The van der Waals surface area contributed by atoms with Crippen molar-refractivity contribution < 1.29 is 30.8 Å². The Hall–Kier alpha value is -4.01. The molecule has 1 aliphatic heterocycles. The number of guanidine groups is 1. The number of nitrogens with zero attached hydrogens (tertiary/aromatic N) is 6. The van der Waals surface area contributed by atoms with Gasteiger partial charge in [0.1, 0.15) is 11.2 Å². The van der Waals surface area contributed by atoms with Crippen molar-refractivity contribution in [1.82, 2.24) is 24.4 Å². The predicted octanol–water partition coefficient (Wildman–Crippen LogP) is 2.30. The highest BCUT2D eigenvalue weighted by molar-refractivity contribution is 7.89. The highest BCUT2D eigenvalue weighted by Gasteiger charge is 2.42. The molecule has 0 bridgehead atoms. The van der Waals surface area contributed by atoms with Crippen molar-refractivity contribution in [2.75, 3.05) is 12.8 Å². The van der Waals surface area contributed by atoms with Crippen LogP contribution in [0.3, 0.4) is 0 Å². The van der Waals surface area contributed by atoms with Gasteiger partial charge in [-0.15, -0.1) is 0 Å². The first-order valence-electron chi connectivity index (χ1n) is 10.3. The van der Waals surface area contributed by atoms with E-state index in [2.05, 4.69) is 25.1 Å². The van der Waals surface area contributed by atoms with Gasteiger partial charge >= 0.3 is 0 Å². The standard InChI is InChI=1S/C21H20F3N7O4S/c1-11-28-17(30-35-11)9-34-18-8-26-16(7-27-18)14(22)5-12-4-13(19(24)15(23)6-12)21(2)10-36(32,33)31(3)20(25)29-21/h4-8H,9-10H2,1-3H3,(H2,25,29). The zero-order chi connectivity index (χ0) is 26.3. The number of benzene rings is 1. The lowest BCUT2D eigenvalue weighted by atomic mass is 9.92. The van der Waals surface area contributed by atoms with Crippen LogP contribution in [-0.2, 0) is 22.2 Å². The lowest BCUT2D eigenvalue weighted by molar-refractivity contribution is 0.274. The smallest absolute Gasteiger partial charge is 0.239 e. The number of hydrogen-bond donors (Lipinski definition) is 1. The van der Waals surface area contributed by atoms with Gasteiger partial charge in [0.25, 0.3) is 0 Å². The molecule has 0 saturated heterocycles. The molecule has 3 aromatic rings. The SMILES string of the molecule is Cc1nc(COc2cnc(C(F)=Cc3cc(F)c(F)c(C4(C)CS(=O)(=O)N(C)C(N)=N4)c3)cn2)no1. The normalized spacial score (nSPS) is 19.8. The summed E-state index contributed by atoms with van der Waals surface area (Å²) in [4.78, 5) is 15.9. The predicted molar refractivity (Wildman–Crippen MR) is 121 cm³/mol. The van der Waals surface area contributed by atoms with Gasteiger partial charge in [-0.05, 0) is 30.7 Å². The third-order valence-electron chi connectivity index (χ3n) is 5.28. The summed E-state index contributed by atoms with van der Waals surface area (Å²) in [7, 11) is -2.75. The Morgan fingerprint density at radius 1 is 1.31 bits per heavy atom. The second-order valence-electron chi connectivity index (χ2n) is 8.08. The molecule has 1 aliphatic rings. The molecule has 1 aromatic carbocycles. The molecule has 3 heterocycles. The molecule has 0 saturated carbocycles. The molecule has 15 heteroatoms. The van der Waals surface area contributed by atoms with Crippen LogP contribution in [0.5, 0.6) is 5.88 Å². The first-order chi connectivity index (χ1) is 16.9. The van der Waals surface area contributed by atoms with E-state index in [1.54, 1.807) is 6.92 Å². The molecule has 2 aromatic heterocycles. The summed E-state index contributed by atoms with van der Waals surface area (Å²) in [6.45, 7) is 2.87. The van der Waals surface area contributed by atoms with Gasteiger partial charge in [-0.1, -0.05) is 5.16 Å². The maximum Gasteiger partial charge on any atom is 0.239 e. The van der Waals surface area contributed by atoms with E-state index in [0.717, 1.165) is 34.9 Å². The fourth-order valence-corrected chi connectivity index (χ4v) is 4.90. The average molecular weight is 523 g/mol. The number of aliphatic imine (C=N–C) groups is 1. The van der Waals surface area contributed by atoms with Gasteiger partial charge in [-0.25, -0.2) is 40.9 Å². The summed E-state index contributed by atoms with van der Waals surface area (Å²) in [5.74, 6) is -3.88. The number of hydrogen-bond acceptors (Lipinski definition) is 10. The third kappa shape index (κ3) is 5.00. The van der Waals surface area contributed by atoms with Gasteiger partial charge in [0, 0.05) is 19.5 Å². The number of halogens is 3. The third-order valence-corrected chi connectivity index (χ3v) is 7.23. The number of ether oxygens (including phenoxy) is 1. The summed E-state index contributed by atoms with van der Waals surface area (Å²) in [5.41, 5.74) is 3.25. The molecule has 4 rings (SSSR count). The molecule has 0 aliphatic carbocycles. The Morgan fingerprint density at radius 3 is 2.67 bits per heavy atom. The van der Waals surface area contributed by atoms with E-state index in [4.69, 9.17) is 15.0 Å². The summed E-state index contributed by atoms with van der Waals surface area (Å²) in [5, 5.41) is 3.66. The van der Waals surface area contributed by atoms with E-state index in [1.807, 2.05) is 0 Å². The maximum atomic E-state index is 14.9. The Bertz CT molecular complexity index is 1480. The van der Waals surface area contributed by atoms with Crippen molar-refractivity contribution in [3.05, 3.63) is 64.7 Å². The van der Waals surface area contributed by atoms with Gasteiger partial charge in [0.05, 0.1) is 18.1 Å². The molecule has 0 radical (unpaired) electrons. The highest BCUT2D eigenvalue weighted by Crippen LogP contribution is 2.35. The van der Waals surface area contributed by atoms with E-state index in [-0.39, 0.29) is 35.5 Å². The summed E-state index contributed by atoms with van der Waals surface area (Å²) in [6.07, 6.45) is 3.14. The molecular weight excluding hydrogens is 503 g/mol. The number of aryl methyl sites for hydroxylation is 1. The molecule has 0 spiro atoms. The van der Waals surface area contributed by atoms with Crippen LogP contribution in [0.25, 0.3) is 11.9 Å². The fraction of sp³-hybridized carbons (Fsp3) is 0.286. The molecule has 1 unspecified atom stereocenters. The molecule has 0 amide bonds. The van der Waals surface area contributed by atoms with Crippen LogP contribution in [0.2, 0.25) is 0 Å². The van der Waals surface area contributed by atoms with Crippen LogP contribution in [0, 0.1) is 18.6 Å². The van der Waals surface area contributed by atoms with Crippen LogP contribution >= 0.6 is 0 Å². The molecule has 11 nitrogen and oxygen atoms in total. The van der Waals surface area contributed by atoms with E-state index in [0.29, 0.717) is 5.89 Å². The molecule has 1 atom stereocenters. The van der Waals surface area contributed by atoms with Crippen molar-refractivity contribution in [2.45, 2.75) is 26.0 Å². The van der Waals surface area contributed by atoms with Gasteiger partial charge in [-0.3, -0.25) is 0 Å². The quantitative estimate of drug-likeness (QED) is 0.513. The van der Waals surface area contributed by atoms with E-state index < -0.39 is 44.3 Å². The van der Waals surface area contributed by atoms with Crippen LogP contribution in [0.1, 0.15) is 35.5 Å². The number of sulfonamides is 1. The lowest BCUT2D eigenvalue weighted by Gasteiger charge is -2.34. The van der Waals surface area contributed by atoms with Crippen molar-refractivity contribution in [3.63, 3.8) is 0 Å². The minimum absolute atomic E-state index is 0.0431. The van der Waals surface area contributed by atoms with Crippen molar-refractivity contribution in [3.8, 4) is 5.88 Å². The first-order valence-corrected chi connectivity index (χ1v) is 11.9. The van der Waals surface area contributed by atoms with Crippen LogP contribution in [0.15, 0.2) is 34.0 Å². The zero-order valence-corrected chi connectivity index (χ0v) is 20.1.